The lowest BCUT2D eigenvalue weighted by Crippen LogP contribution is -2.03. The molecule has 0 amide bonds. The molecule has 0 N–H and O–H groups in total. The van der Waals surface area contributed by atoms with E-state index in [0.717, 1.165) is 29.2 Å². The number of allylic oxidation sites excluding steroid dienone is 4. The maximum atomic E-state index is 3.98. The monoisotopic (exact) mass is 408 g/mol. The summed E-state index contributed by atoms with van der Waals surface area (Å²) in [6.07, 6.45) is 24.5. The summed E-state index contributed by atoms with van der Waals surface area (Å²) >= 11 is 0. The lowest BCUT2D eigenvalue weighted by atomic mass is 9.90. The molecule has 0 saturated heterocycles. The molecule has 2 heterocycles. The molecule has 0 radical (unpaired) electrons. The number of hydrogen-bond donors (Lipinski definition) is 0. The Morgan fingerprint density at radius 1 is 0.536 bits per heavy atom. The molecule has 0 aliphatic heterocycles. The molecule has 2 unspecified atom stereocenters. The Balaban J connectivity index is 1.47. The van der Waals surface area contributed by atoms with Crippen LogP contribution in [0.5, 0.6) is 0 Å². The average molecular weight is 409 g/mol. The molecule has 0 fully saturated rings. The van der Waals surface area contributed by atoms with Crippen LogP contribution in [0.4, 0.5) is 0 Å². The maximum Gasteiger partial charge on any atom is -0.00593 e. The molecular formula is C26H34P2. The molecular weight excluding hydrogens is 374 g/mol. The zero-order valence-electron chi connectivity index (χ0n) is 17.2. The van der Waals surface area contributed by atoms with E-state index in [4.69, 9.17) is 0 Å². The lowest BCUT2D eigenvalue weighted by Gasteiger charge is -2.14. The van der Waals surface area contributed by atoms with Gasteiger partial charge in [0.2, 0.25) is 0 Å². The van der Waals surface area contributed by atoms with Crippen molar-refractivity contribution in [1.82, 2.24) is 0 Å². The molecule has 0 bridgehead atoms. The first-order valence-corrected chi connectivity index (χ1v) is 13.1. The fourth-order valence-electron chi connectivity index (χ4n) is 5.20. The minimum atomic E-state index is 0.934. The van der Waals surface area contributed by atoms with Crippen LogP contribution in [-0.2, 0) is 51.4 Å². The highest BCUT2D eigenvalue weighted by Crippen LogP contribution is 2.40. The molecule has 2 aliphatic rings. The van der Waals surface area contributed by atoms with E-state index in [1.165, 1.54) is 64.2 Å². The fourth-order valence-corrected chi connectivity index (χ4v) is 8.57. The first-order valence-electron chi connectivity index (χ1n) is 11.1. The molecule has 0 nitrogen and oxygen atoms in total. The van der Waals surface area contributed by atoms with Gasteiger partial charge in [-0.2, -0.15) is 0 Å². The van der Waals surface area contributed by atoms with Crippen molar-refractivity contribution in [2.75, 3.05) is 0 Å². The van der Waals surface area contributed by atoms with Gasteiger partial charge in [0.1, 0.15) is 0 Å². The van der Waals surface area contributed by atoms with Crippen LogP contribution in [0.25, 0.3) is 0 Å². The smallest absolute Gasteiger partial charge is 0.00593 e. The second-order valence-corrected chi connectivity index (χ2v) is 11.3. The Kier molecular flexibility index (Phi) is 6.82. The molecule has 0 spiro atoms. The fraction of sp³-hybridized carbons (Fsp3) is 0.462. The maximum absolute atomic E-state index is 3.98. The van der Waals surface area contributed by atoms with E-state index < -0.39 is 0 Å². The Morgan fingerprint density at radius 2 is 0.857 bits per heavy atom. The second kappa shape index (κ2) is 9.52. The molecule has 4 rings (SSSR count). The second-order valence-electron chi connectivity index (χ2n) is 8.36. The standard InChI is InChI=1S/C26H34P2/c1-3-11-23-19-13-5-7-15-21(19)25(27-23)17-9-10-18-26-22-16-8-6-14-20(22)24(28-26)12-4-2/h3-4,9-10,27-28H,1-2,5-8,11-18H2/b10-9+. The quantitative estimate of drug-likeness (QED) is 0.402. The van der Waals surface area contributed by atoms with Crippen LogP contribution in [0.15, 0.2) is 37.5 Å². The third kappa shape index (κ3) is 4.20. The SMILES string of the molecule is C=CCc1[pH]c(C/C=C/Cc2[pH]c(CC=C)c3c2CCCC3)c2c1CCCC2. The van der Waals surface area contributed by atoms with Gasteiger partial charge >= 0.3 is 0 Å². The van der Waals surface area contributed by atoms with E-state index in [9.17, 15) is 0 Å². The van der Waals surface area contributed by atoms with E-state index in [1.807, 2.05) is 0 Å². The van der Waals surface area contributed by atoms with Crippen LogP contribution in [-0.4, -0.2) is 0 Å². The van der Waals surface area contributed by atoms with Crippen molar-refractivity contribution in [1.29, 1.82) is 0 Å². The summed E-state index contributed by atoms with van der Waals surface area (Å²) in [6.45, 7) is 7.96. The van der Waals surface area contributed by atoms with E-state index >= 15 is 0 Å². The lowest BCUT2D eigenvalue weighted by molar-refractivity contribution is 0.682. The van der Waals surface area contributed by atoms with Crippen molar-refractivity contribution < 1.29 is 0 Å². The van der Waals surface area contributed by atoms with Gasteiger partial charge < -0.3 is 0 Å². The average Bonchev–Trinajstić information content (AvgIpc) is 3.25. The van der Waals surface area contributed by atoms with E-state index in [2.05, 4.69) is 37.5 Å². The Morgan fingerprint density at radius 3 is 1.18 bits per heavy atom. The van der Waals surface area contributed by atoms with Gasteiger partial charge in [-0.3, -0.25) is 0 Å². The number of hydrogen-bond acceptors (Lipinski definition) is 0. The van der Waals surface area contributed by atoms with Gasteiger partial charge in [-0.05, 0) is 120 Å². The van der Waals surface area contributed by atoms with Crippen molar-refractivity contribution in [3.8, 4) is 0 Å². The van der Waals surface area contributed by atoms with Gasteiger partial charge in [0.15, 0.2) is 0 Å². The zero-order valence-corrected chi connectivity index (χ0v) is 19.2. The van der Waals surface area contributed by atoms with Crippen molar-refractivity contribution in [2.24, 2.45) is 0 Å². The summed E-state index contributed by atoms with van der Waals surface area (Å²) in [6, 6.07) is 0. The summed E-state index contributed by atoms with van der Waals surface area (Å²) in [5, 5.41) is 6.86. The van der Waals surface area contributed by atoms with Crippen LogP contribution in [0, 0.1) is 0 Å². The number of rotatable bonds is 8. The molecule has 0 saturated carbocycles. The molecule has 0 aromatic carbocycles. The molecule has 2 aromatic heterocycles. The molecule has 148 valence electrons. The normalized spacial score (nSPS) is 16.7. The molecule has 2 atom stereocenters. The zero-order chi connectivity index (χ0) is 19.3. The molecule has 2 aromatic rings. The predicted octanol–water partition coefficient (Wildman–Crippen LogP) is 7.31. The predicted molar refractivity (Wildman–Crippen MR) is 130 cm³/mol. The van der Waals surface area contributed by atoms with Gasteiger partial charge in [-0.25, -0.2) is 0 Å². The van der Waals surface area contributed by atoms with Crippen LogP contribution < -0.4 is 0 Å². The largest absolute Gasteiger partial charge is 0.132 e. The topological polar surface area (TPSA) is 0 Å². The van der Waals surface area contributed by atoms with E-state index in [1.54, 1.807) is 43.4 Å². The third-order valence-electron chi connectivity index (χ3n) is 6.50. The highest BCUT2D eigenvalue weighted by Gasteiger charge is 2.19. The first kappa shape index (κ1) is 20.1. The van der Waals surface area contributed by atoms with Gasteiger partial charge in [0.25, 0.3) is 0 Å². The Hall–Kier alpha value is -1.22. The first-order chi connectivity index (χ1) is 13.8. The van der Waals surface area contributed by atoms with Crippen LogP contribution in [0.3, 0.4) is 0 Å². The Labute approximate surface area is 174 Å². The summed E-state index contributed by atoms with van der Waals surface area (Å²) in [4.78, 5) is 0. The van der Waals surface area contributed by atoms with Gasteiger partial charge in [-0.1, -0.05) is 24.3 Å². The van der Waals surface area contributed by atoms with Crippen LogP contribution >= 0.6 is 16.4 Å². The Bertz CT molecular complexity index is 803. The molecule has 28 heavy (non-hydrogen) atoms. The minimum Gasteiger partial charge on any atom is -0.132 e. The third-order valence-corrected chi connectivity index (χ3v) is 9.73. The van der Waals surface area contributed by atoms with Gasteiger partial charge in [-0.15, -0.1) is 29.5 Å². The highest BCUT2D eigenvalue weighted by molar-refractivity contribution is 7.32. The van der Waals surface area contributed by atoms with E-state index in [0.29, 0.717) is 0 Å². The summed E-state index contributed by atoms with van der Waals surface area (Å²) in [5.74, 6) is 0. The minimum absolute atomic E-state index is 0.934. The van der Waals surface area contributed by atoms with Crippen molar-refractivity contribution in [3.63, 3.8) is 0 Å². The summed E-state index contributed by atoms with van der Waals surface area (Å²) < 4.78 is 0. The van der Waals surface area contributed by atoms with Crippen molar-refractivity contribution in [2.45, 2.75) is 77.0 Å². The summed E-state index contributed by atoms with van der Waals surface area (Å²) in [5.41, 5.74) is 6.92. The summed E-state index contributed by atoms with van der Waals surface area (Å²) in [7, 11) is 1.87. The molecule has 2 heteroatoms. The number of fused-ring (bicyclic) bond motifs is 2. The molecule has 2 aliphatic carbocycles. The van der Waals surface area contributed by atoms with Gasteiger partial charge in [0.05, 0.1) is 0 Å². The van der Waals surface area contributed by atoms with Crippen LogP contribution in [0.2, 0.25) is 0 Å². The van der Waals surface area contributed by atoms with Crippen molar-refractivity contribution >= 4 is 16.4 Å². The highest BCUT2D eigenvalue weighted by atomic mass is 31.0. The van der Waals surface area contributed by atoms with E-state index in [-0.39, 0.29) is 0 Å². The van der Waals surface area contributed by atoms with Crippen molar-refractivity contribution in [3.05, 3.63) is 80.9 Å². The van der Waals surface area contributed by atoms with Crippen LogP contribution in [0.1, 0.15) is 69.1 Å². The van der Waals surface area contributed by atoms with Gasteiger partial charge in [0, 0.05) is 0 Å².